The quantitative estimate of drug-likeness (QED) is 0.752. The van der Waals surface area contributed by atoms with Crippen molar-refractivity contribution in [2.75, 3.05) is 5.23 Å². The van der Waals surface area contributed by atoms with Gasteiger partial charge < -0.3 is 5.23 Å². The summed E-state index contributed by atoms with van der Waals surface area (Å²) >= 11 is 0. The highest BCUT2D eigenvalue weighted by Gasteiger charge is 2.16. The van der Waals surface area contributed by atoms with Gasteiger partial charge in [0.15, 0.2) is 0 Å². The maximum Gasteiger partial charge on any atom is 0.275 e. The third-order valence-electron chi connectivity index (χ3n) is 2.89. The molecule has 0 atom stereocenters. The summed E-state index contributed by atoms with van der Waals surface area (Å²) in [6.07, 6.45) is 5.50. The zero-order chi connectivity index (χ0) is 11.7. The van der Waals surface area contributed by atoms with Gasteiger partial charge in [0.05, 0.1) is 5.69 Å². The number of rotatable bonds is 1. The highest BCUT2D eigenvalue weighted by molar-refractivity contribution is 6.68. The molecule has 17 heavy (non-hydrogen) atoms. The highest BCUT2D eigenvalue weighted by Crippen LogP contribution is 2.32. The first kappa shape index (κ1) is 10.1. The molecule has 0 saturated carbocycles. The maximum atomic E-state index is 4.31. The third-order valence-corrected chi connectivity index (χ3v) is 2.89. The molecule has 1 aromatic carbocycles. The first-order valence-corrected chi connectivity index (χ1v) is 5.69. The Labute approximate surface area is 101 Å². The van der Waals surface area contributed by atoms with Gasteiger partial charge in [-0.15, -0.1) is 0 Å². The third kappa shape index (κ3) is 1.82. The van der Waals surface area contributed by atoms with Gasteiger partial charge in [-0.05, 0) is 11.6 Å². The lowest BCUT2D eigenvalue weighted by Crippen LogP contribution is -2.21. The molecule has 0 spiro atoms. The van der Waals surface area contributed by atoms with Crippen LogP contribution in [-0.2, 0) is 0 Å². The number of fused-ring (bicyclic) bond motifs is 1. The van der Waals surface area contributed by atoms with Crippen molar-refractivity contribution in [1.29, 1.82) is 0 Å². The molecule has 2 heterocycles. The Kier molecular flexibility index (Phi) is 2.40. The van der Waals surface area contributed by atoms with Gasteiger partial charge in [-0.3, -0.25) is 0 Å². The number of hydrogen-bond donors (Lipinski definition) is 1. The number of benzene rings is 1. The van der Waals surface area contributed by atoms with Crippen molar-refractivity contribution in [3.05, 3.63) is 48.3 Å². The molecule has 3 rings (SSSR count). The SMILES string of the molecule is CB1C=Cc2cccc(-c3ccncn3)c2N1. The Balaban J connectivity index is 2.16. The standard InChI is InChI=1S/C13H12BN3/c1-14-7-5-10-3-2-4-11(13(10)17-14)12-6-8-15-9-16-12/h2-9,17H,1H3. The van der Waals surface area contributed by atoms with Crippen LogP contribution in [0.15, 0.2) is 42.8 Å². The van der Waals surface area contributed by atoms with Gasteiger partial charge in [0.2, 0.25) is 0 Å². The largest absolute Gasteiger partial charge is 0.424 e. The van der Waals surface area contributed by atoms with E-state index in [4.69, 9.17) is 0 Å². The molecule has 0 saturated heterocycles. The van der Waals surface area contributed by atoms with Gasteiger partial charge in [0.1, 0.15) is 6.33 Å². The molecule has 0 fully saturated rings. The van der Waals surface area contributed by atoms with E-state index in [1.54, 1.807) is 12.5 Å². The van der Waals surface area contributed by atoms with Crippen LogP contribution in [0.25, 0.3) is 17.3 Å². The van der Waals surface area contributed by atoms with Crippen molar-refractivity contribution in [3.8, 4) is 11.3 Å². The number of aromatic nitrogens is 2. The molecule has 3 nitrogen and oxygen atoms in total. The number of anilines is 1. The minimum atomic E-state index is 0.352. The molecular weight excluding hydrogens is 209 g/mol. The van der Waals surface area contributed by atoms with Crippen molar-refractivity contribution < 1.29 is 0 Å². The molecule has 0 bridgehead atoms. The van der Waals surface area contributed by atoms with Crippen molar-refractivity contribution in [3.63, 3.8) is 0 Å². The topological polar surface area (TPSA) is 37.8 Å². The summed E-state index contributed by atoms with van der Waals surface area (Å²) in [6.45, 7) is 2.49. The van der Waals surface area contributed by atoms with Crippen molar-refractivity contribution >= 4 is 18.6 Å². The van der Waals surface area contributed by atoms with Crippen LogP contribution in [0.1, 0.15) is 5.56 Å². The second-order valence-corrected chi connectivity index (χ2v) is 4.16. The van der Waals surface area contributed by atoms with E-state index in [1.807, 2.05) is 6.07 Å². The number of nitrogens with one attached hydrogen (secondary N) is 1. The van der Waals surface area contributed by atoms with E-state index < -0.39 is 0 Å². The molecule has 0 aliphatic carbocycles. The van der Waals surface area contributed by atoms with Crippen molar-refractivity contribution in [2.45, 2.75) is 6.82 Å². The van der Waals surface area contributed by atoms with E-state index in [1.165, 1.54) is 5.56 Å². The lowest BCUT2D eigenvalue weighted by molar-refractivity contribution is 1.17. The Morgan fingerprint density at radius 2 is 2.18 bits per heavy atom. The summed E-state index contributed by atoms with van der Waals surface area (Å²) in [4.78, 5) is 8.26. The minimum absolute atomic E-state index is 0.352. The van der Waals surface area contributed by atoms with E-state index in [2.05, 4.69) is 52.3 Å². The fraction of sp³-hybridized carbons (Fsp3) is 0.0769. The van der Waals surface area contributed by atoms with Crippen LogP contribution in [0.3, 0.4) is 0 Å². The molecule has 0 radical (unpaired) electrons. The van der Waals surface area contributed by atoms with Crippen LogP contribution in [0.4, 0.5) is 5.69 Å². The maximum absolute atomic E-state index is 4.31. The Hall–Kier alpha value is -2.10. The second-order valence-electron chi connectivity index (χ2n) is 4.16. The van der Waals surface area contributed by atoms with Crippen molar-refractivity contribution in [2.24, 2.45) is 0 Å². The molecule has 1 aromatic heterocycles. The number of nitrogens with zero attached hydrogens (tertiary/aromatic N) is 2. The Morgan fingerprint density at radius 1 is 1.24 bits per heavy atom. The molecule has 1 aliphatic heterocycles. The molecule has 4 heteroatoms. The summed E-state index contributed by atoms with van der Waals surface area (Å²) in [5.41, 5.74) is 4.44. The van der Waals surface area contributed by atoms with Gasteiger partial charge in [-0.1, -0.05) is 37.1 Å². The molecule has 1 aliphatic rings. The van der Waals surface area contributed by atoms with Crippen LogP contribution in [-0.4, -0.2) is 16.8 Å². The number of hydrogen-bond acceptors (Lipinski definition) is 3. The monoisotopic (exact) mass is 221 g/mol. The van der Waals surface area contributed by atoms with E-state index in [0.717, 1.165) is 16.9 Å². The van der Waals surface area contributed by atoms with Crippen LogP contribution < -0.4 is 5.23 Å². The average molecular weight is 221 g/mol. The predicted octanol–water partition coefficient (Wildman–Crippen LogP) is 2.74. The fourth-order valence-electron chi connectivity index (χ4n) is 2.06. The molecule has 0 amide bonds. The lowest BCUT2D eigenvalue weighted by Gasteiger charge is -2.20. The van der Waals surface area contributed by atoms with Gasteiger partial charge in [0.25, 0.3) is 6.85 Å². The highest BCUT2D eigenvalue weighted by atomic mass is 14.8. The molecule has 1 N–H and O–H groups in total. The molecule has 2 aromatic rings. The van der Waals surface area contributed by atoms with Crippen LogP contribution in [0, 0.1) is 0 Å². The summed E-state index contributed by atoms with van der Waals surface area (Å²) in [6, 6.07) is 8.17. The zero-order valence-electron chi connectivity index (χ0n) is 9.59. The predicted molar refractivity (Wildman–Crippen MR) is 71.7 cm³/mol. The Bertz CT molecular complexity index is 566. The lowest BCUT2D eigenvalue weighted by atomic mass is 9.63. The second kappa shape index (κ2) is 4.05. The number of para-hydroxylation sites is 1. The van der Waals surface area contributed by atoms with Crippen molar-refractivity contribution in [1.82, 2.24) is 9.97 Å². The van der Waals surface area contributed by atoms with Crippen LogP contribution >= 0.6 is 0 Å². The van der Waals surface area contributed by atoms with Gasteiger partial charge in [-0.25, -0.2) is 9.97 Å². The molecular formula is C13H12BN3. The summed E-state index contributed by atoms with van der Waals surface area (Å²) < 4.78 is 0. The first-order chi connectivity index (χ1) is 8.34. The zero-order valence-corrected chi connectivity index (χ0v) is 9.59. The smallest absolute Gasteiger partial charge is 0.275 e. The summed E-state index contributed by atoms with van der Waals surface area (Å²) in [5.74, 6) is 2.16. The molecule has 0 unspecified atom stereocenters. The van der Waals surface area contributed by atoms with E-state index in [9.17, 15) is 0 Å². The Morgan fingerprint density at radius 3 is 3.00 bits per heavy atom. The van der Waals surface area contributed by atoms with E-state index in [0.29, 0.717) is 6.85 Å². The normalized spacial score (nSPS) is 13.1. The van der Waals surface area contributed by atoms with Gasteiger partial charge >= 0.3 is 0 Å². The van der Waals surface area contributed by atoms with Crippen LogP contribution in [0.5, 0.6) is 0 Å². The summed E-state index contributed by atoms with van der Waals surface area (Å²) in [7, 11) is 0. The van der Waals surface area contributed by atoms with E-state index >= 15 is 0 Å². The van der Waals surface area contributed by atoms with Gasteiger partial charge in [0, 0.05) is 17.4 Å². The molecule has 82 valence electrons. The van der Waals surface area contributed by atoms with Crippen LogP contribution in [0.2, 0.25) is 6.82 Å². The first-order valence-electron chi connectivity index (χ1n) is 5.69. The average Bonchev–Trinajstić information content (AvgIpc) is 2.39. The minimum Gasteiger partial charge on any atom is -0.424 e. The van der Waals surface area contributed by atoms with Gasteiger partial charge in [-0.2, -0.15) is 0 Å². The summed E-state index contributed by atoms with van der Waals surface area (Å²) in [5, 5.41) is 3.48. The van der Waals surface area contributed by atoms with E-state index in [-0.39, 0.29) is 0 Å². The fourth-order valence-corrected chi connectivity index (χ4v) is 2.06.